The molecule has 0 saturated carbocycles. The van der Waals surface area contributed by atoms with E-state index in [-0.39, 0.29) is 29.7 Å². The van der Waals surface area contributed by atoms with E-state index in [1.54, 1.807) is 18.2 Å². The lowest BCUT2D eigenvalue weighted by molar-refractivity contribution is -0.385. The molecule has 214 valence electrons. The van der Waals surface area contributed by atoms with Crippen molar-refractivity contribution in [1.82, 2.24) is 4.90 Å². The molecule has 0 bridgehead atoms. The third-order valence-electron chi connectivity index (χ3n) is 6.15. The van der Waals surface area contributed by atoms with Crippen LogP contribution in [0.4, 0.5) is 23.7 Å². The third kappa shape index (κ3) is 6.88. The highest BCUT2D eigenvalue weighted by Crippen LogP contribution is 2.40. The number of hydrogen-bond donors (Lipinski definition) is 0. The number of thioether (sulfide) groups is 1. The van der Waals surface area contributed by atoms with Crippen molar-refractivity contribution in [2.24, 2.45) is 0 Å². The number of halogens is 3. The number of nitrogens with zero attached hydrogens (tertiary/aromatic N) is 2. The van der Waals surface area contributed by atoms with Gasteiger partial charge < -0.3 is 9.47 Å². The van der Waals surface area contributed by atoms with Crippen LogP contribution in [0, 0.1) is 17.0 Å². The normalized spacial score (nSPS) is 14.7. The predicted octanol–water partition coefficient (Wildman–Crippen LogP) is 7.95. The van der Waals surface area contributed by atoms with E-state index in [1.807, 2.05) is 39.0 Å². The molecular formula is C29H25F3N2O6S. The summed E-state index contributed by atoms with van der Waals surface area (Å²) < 4.78 is 50.7. The van der Waals surface area contributed by atoms with E-state index in [1.165, 1.54) is 12.1 Å². The lowest BCUT2D eigenvalue weighted by Gasteiger charge is -2.17. The van der Waals surface area contributed by atoms with Crippen molar-refractivity contribution in [3.63, 3.8) is 0 Å². The van der Waals surface area contributed by atoms with Crippen LogP contribution in [-0.2, 0) is 11.0 Å². The molecule has 0 spiro atoms. The van der Waals surface area contributed by atoms with Crippen LogP contribution in [0.3, 0.4) is 0 Å². The van der Waals surface area contributed by atoms with Crippen molar-refractivity contribution in [1.29, 1.82) is 0 Å². The Bertz CT molecular complexity index is 1540. The Labute approximate surface area is 237 Å². The standard InChI is InChI=1S/C29H25F3N2O6S/c1-17(2)21-10-8-18(3)14-25(21)39-13-12-33-27(35)26(41-28(33)36)15-19-6-4-5-7-23(19)40-24-11-9-20(29(30,31)32)16-22(24)34(37)38/h4-11,14-17H,12-13H2,1-3H3/b26-15-. The molecule has 0 radical (unpaired) electrons. The van der Waals surface area contributed by atoms with Crippen molar-refractivity contribution in [3.05, 3.63) is 97.9 Å². The van der Waals surface area contributed by atoms with Crippen molar-refractivity contribution in [2.45, 2.75) is 32.9 Å². The molecule has 1 fully saturated rings. The number of para-hydroxylation sites is 1. The van der Waals surface area contributed by atoms with Crippen LogP contribution in [0.15, 0.2) is 65.6 Å². The Morgan fingerprint density at radius 1 is 1.02 bits per heavy atom. The van der Waals surface area contributed by atoms with E-state index in [0.717, 1.165) is 22.1 Å². The fraction of sp³-hybridized carbons (Fsp3) is 0.241. The minimum absolute atomic E-state index is 0.0172. The number of rotatable bonds is 9. The maximum atomic E-state index is 13.1. The molecule has 1 heterocycles. The first-order valence-corrected chi connectivity index (χ1v) is 13.3. The zero-order chi connectivity index (χ0) is 29.9. The molecule has 1 saturated heterocycles. The van der Waals surface area contributed by atoms with Gasteiger partial charge >= 0.3 is 11.9 Å². The van der Waals surface area contributed by atoms with Gasteiger partial charge in [-0.3, -0.25) is 24.6 Å². The molecule has 12 heteroatoms. The number of amides is 2. The van der Waals surface area contributed by atoms with Gasteiger partial charge in [0, 0.05) is 11.6 Å². The molecule has 4 rings (SSSR count). The second kappa shape index (κ2) is 12.0. The number of nitro benzene ring substituents is 1. The van der Waals surface area contributed by atoms with Gasteiger partial charge in [-0.05, 0) is 66.1 Å². The van der Waals surface area contributed by atoms with Crippen LogP contribution < -0.4 is 9.47 Å². The van der Waals surface area contributed by atoms with E-state index >= 15 is 0 Å². The topological polar surface area (TPSA) is 99.0 Å². The molecular weight excluding hydrogens is 561 g/mol. The van der Waals surface area contributed by atoms with E-state index in [0.29, 0.717) is 35.2 Å². The second-order valence-electron chi connectivity index (χ2n) is 9.46. The summed E-state index contributed by atoms with van der Waals surface area (Å²) in [6, 6.07) is 14.0. The van der Waals surface area contributed by atoms with Gasteiger partial charge in [0.1, 0.15) is 18.1 Å². The molecule has 8 nitrogen and oxygen atoms in total. The van der Waals surface area contributed by atoms with Crippen LogP contribution >= 0.6 is 11.8 Å². The lowest BCUT2D eigenvalue weighted by Crippen LogP contribution is -2.32. The Kier molecular flexibility index (Phi) is 8.72. The number of nitro groups is 1. The predicted molar refractivity (Wildman–Crippen MR) is 148 cm³/mol. The number of imide groups is 1. The molecule has 0 atom stereocenters. The maximum Gasteiger partial charge on any atom is 0.416 e. The largest absolute Gasteiger partial charge is 0.491 e. The monoisotopic (exact) mass is 586 g/mol. The molecule has 0 aromatic heterocycles. The average molecular weight is 587 g/mol. The number of hydrogen-bond acceptors (Lipinski definition) is 7. The molecule has 3 aromatic carbocycles. The zero-order valence-corrected chi connectivity index (χ0v) is 23.0. The minimum Gasteiger partial charge on any atom is -0.491 e. The molecule has 41 heavy (non-hydrogen) atoms. The highest BCUT2D eigenvalue weighted by molar-refractivity contribution is 8.18. The first kappa shape index (κ1) is 29.7. The highest BCUT2D eigenvalue weighted by Gasteiger charge is 2.36. The summed E-state index contributed by atoms with van der Waals surface area (Å²) in [6.45, 7) is 6.12. The van der Waals surface area contributed by atoms with E-state index < -0.39 is 39.2 Å². The van der Waals surface area contributed by atoms with Gasteiger partial charge in [-0.15, -0.1) is 0 Å². The van der Waals surface area contributed by atoms with Gasteiger partial charge in [-0.2, -0.15) is 13.2 Å². The maximum absolute atomic E-state index is 13.1. The third-order valence-corrected chi connectivity index (χ3v) is 7.05. The number of alkyl halides is 3. The van der Waals surface area contributed by atoms with Gasteiger partial charge in [0.15, 0.2) is 0 Å². The summed E-state index contributed by atoms with van der Waals surface area (Å²) in [5.74, 6) is -0.00704. The molecule has 1 aliphatic rings. The first-order valence-electron chi connectivity index (χ1n) is 12.5. The smallest absolute Gasteiger partial charge is 0.416 e. The van der Waals surface area contributed by atoms with Crippen molar-refractivity contribution >= 4 is 34.7 Å². The SMILES string of the molecule is Cc1ccc(C(C)C)c(OCCN2C(=O)S/C(=C\c3ccccc3Oc3ccc(C(F)(F)F)cc3[N+](=O)[O-])C2=O)c1. The molecule has 0 unspecified atom stereocenters. The summed E-state index contributed by atoms with van der Waals surface area (Å²) in [4.78, 5) is 37.3. The van der Waals surface area contributed by atoms with Gasteiger partial charge in [0.25, 0.3) is 11.1 Å². The van der Waals surface area contributed by atoms with Crippen LogP contribution in [0.2, 0.25) is 0 Å². The summed E-state index contributed by atoms with van der Waals surface area (Å²) in [6.07, 6.45) is -3.37. The number of ether oxygens (including phenoxy) is 2. The molecule has 0 aliphatic carbocycles. The molecule has 2 amide bonds. The second-order valence-corrected chi connectivity index (χ2v) is 10.4. The van der Waals surface area contributed by atoms with Crippen molar-refractivity contribution in [3.8, 4) is 17.2 Å². The summed E-state index contributed by atoms with van der Waals surface area (Å²) in [7, 11) is 0. The fourth-order valence-corrected chi connectivity index (χ4v) is 4.91. The van der Waals surface area contributed by atoms with E-state index in [9.17, 15) is 32.9 Å². The number of aryl methyl sites for hydroxylation is 1. The average Bonchev–Trinajstić information content (AvgIpc) is 3.16. The van der Waals surface area contributed by atoms with Crippen LogP contribution in [0.25, 0.3) is 6.08 Å². The van der Waals surface area contributed by atoms with Crippen LogP contribution in [-0.4, -0.2) is 34.1 Å². The summed E-state index contributed by atoms with van der Waals surface area (Å²) in [5, 5.41) is 11.0. The number of benzene rings is 3. The van der Waals surface area contributed by atoms with Gasteiger partial charge in [-0.1, -0.05) is 44.2 Å². The summed E-state index contributed by atoms with van der Waals surface area (Å²) >= 11 is 0.715. The number of carbonyl (C=O) groups is 2. The quantitative estimate of drug-likeness (QED) is 0.143. The highest BCUT2D eigenvalue weighted by atomic mass is 32.2. The Morgan fingerprint density at radius 3 is 2.44 bits per heavy atom. The zero-order valence-electron chi connectivity index (χ0n) is 22.2. The molecule has 3 aromatic rings. The minimum atomic E-state index is -4.77. The molecule has 0 N–H and O–H groups in total. The van der Waals surface area contributed by atoms with Gasteiger partial charge in [0.2, 0.25) is 5.75 Å². The van der Waals surface area contributed by atoms with Crippen molar-refractivity contribution < 1.29 is 37.2 Å². The number of carbonyl (C=O) groups excluding carboxylic acids is 2. The molecule has 1 aliphatic heterocycles. The van der Waals surface area contributed by atoms with Crippen molar-refractivity contribution in [2.75, 3.05) is 13.2 Å². The Balaban J connectivity index is 1.52. The summed E-state index contributed by atoms with van der Waals surface area (Å²) in [5.41, 5.74) is 0.259. The van der Waals surface area contributed by atoms with E-state index in [4.69, 9.17) is 9.47 Å². The van der Waals surface area contributed by atoms with Gasteiger partial charge in [-0.25, -0.2) is 0 Å². The Morgan fingerprint density at radius 2 is 1.76 bits per heavy atom. The van der Waals surface area contributed by atoms with Crippen LogP contribution in [0.1, 0.15) is 42.0 Å². The van der Waals surface area contributed by atoms with E-state index in [2.05, 4.69) is 0 Å². The Hall–Kier alpha value is -4.32. The lowest BCUT2D eigenvalue weighted by atomic mass is 10.0. The van der Waals surface area contributed by atoms with Crippen LogP contribution in [0.5, 0.6) is 17.2 Å². The van der Waals surface area contributed by atoms with Gasteiger partial charge in [0.05, 0.1) is 21.9 Å². The fourth-order valence-electron chi connectivity index (χ4n) is 4.06. The first-order chi connectivity index (χ1) is 19.3.